The molecule has 0 aliphatic carbocycles. The second-order valence-electron chi connectivity index (χ2n) is 5.57. The summed E-state index contributed by atoms with van der Waals surface area (Å²) in [5.41, 5.74) is 0.591. The van der Waals surface area contributed by atoms with E-state index < -0.39 is 0 Å². The predicted octanol–water partition coefficient (Wildman–Crippen LogP) is 3.95. The zero-order valence-electron chi connectivity index (χ0n) is 12.4. The molecule has 1 aliphatic rings. The minimum Gasteiger partial charge on any atom is -0.338 e. The summed E-state index contributed by atoms with van der Waals surface area (Å²) in [5, 5.41) is 3.89. The molecule has 1 amide bonds. The third-order valence-electron chi connectivity index (χ3n) is 3.88. The van der Waals surface area contributed by atoms with E-state index in [9.17, 15) is 4.79 Å². The molecule has 1 N–H and O–H groups in total. The van der Waals surface area contributed by atoms with Gasteiger partial charge in [0, 0.05) is 17.6 Å². The van der Waals surface area contributed by atoms with Crippen LogP contribution < -0.4 is 5.32 Å². The van der Waals surface area contributed by atoms with E-state index in [1.54, 1.807) is 6.07 Å². The highest BCUT2D eigenvalue weighted by atomic mass is 79.9. The fraction of sp³-hybridized carbons (Fsp3) is 0.562. The number of nitrogens with zero attached hydrogens (tertiary/aromatic N) is 1. The first-order valence-corrected chi connectivity index (χ1v) is 8.74. The highest BCUT2D eigenvalue weighted by Crippen LogP contribution is 2.24. The van der Waals surface area contributed by atoms with Gasteiger partial charge in [0.25, 0.3) is 5.91 Å². The Morgan fingerprint density at radius 1 is 1.43 bits per heavy atom. The number of carbonyl (C=O) groups is 1. The van der Waals surface area contributed by atoms with Crippen molar-refractivity contribution >= 4 is 33.4 Å². The van der Waals surface area contributed by atoms with Gasteiger partial charge in [-0.3, -0.25) is 4.79 Å². The zero-order chi connectivity index (χ0) is 15.2. The lowest BCUT2D eigenvalue weighted by Gasteiger charge is -2.30. The van der Waals surface area contributed by atoms with Gasteiger partial charge in [0.05, 0.1) is 10.6 Å². The molecular formula is C16H22BrClN2O. The van der Waals surface area contributed by atoms with E-state index in [4.69, 9.17) is 11.6 Å². The van der Waals surface area contributed by atoms with Gasteiger partial charge in [0.2, 0.25) is 0 Å². The molecule has 3 nitrogen and oxygen atoms in total. The molecule has 21 heavy (non-hydrogen) atoms. The number of amides is 1. The first kappa shape index (κ1) is 16.8. The Morgan fingerprint density at radius 3 is 2.81 bits per heavy atom. The summed E-state index contributed by atoms with van der Waals surface area (Å²) >= 11 is 9.61. The van der Waals surface area contributed by atoms with Crippen molar-refractivity contribution in [3.8, 4) is 0 Å². The normalized spacial score (nSPS) is 16.0. The van der Waals surface area contributed by atoms with E-state index >= 15 is 0 Å². The number of benzene rings is 1. The number of nitrogens with one attached hydrogen (secondary N) is 1. The van der Waals surface area contributed by atoms with Gasteiger partial charge in [-0.1, -0.05) is 34.5 Å². The summed E-state index contributed by atoms with van der Waals surface area (Å²) in [6, 6.07) is 5.44. The third kappa shape index (κ3) is 4.70. The first-order chi connectivity index (χ1) is 10.1. The van der Waals surface area contributed by atoms with Crippen LogP contribution in [0.25, 0.3) is 0 Å². The summed E-state index contributed by atoms with van der Waals surface area (Å²) in [4.78, 5) is 14.7. The van der Waals surface area contributed by atoms with Crippen LogP contribution in [0.15, 0.2) is 22.7 Å². The zero-order valence-corrected chi connectivity index (χ0v) is 14.7. The second-order valence-corrected chi connectivity index (χ2v) is 6.89. The van der Waals surface area contributed by atoms with E-state index in [1.165, 1.54) is 0 Å². The Bertz CT molecular complexity index is 489. The number of piperidine rings is 1. The Labute approximate surface area is 140 Å². The fourth-order valence-electron chi connectivity index (χ4n) is 2.75. The molecule has 5 heteroatoms. The lowest BCUT2D eigenvalue weighted by molar-refractivity contribution is 0.0716. The molecular weight excluding hydrogens is 352 g/mol. The van der Waals surface area contributed by atoms with Crippen LogP contribution in [0, 0.1) is 5.92 Å². The van der Waals surface area contributed by atoms with E-state index in [1.807, 2.05) is 17.0 Å². The van der Waals surface area contributed by atoms with Crippen molar-refractivity contribution < 1.29 is 4.79 Å². The van der Waals surface area contributed by atoms with Gasteiger partial charge in [0.15, 0.2) is 0 Å². The molecule has 116 valence electrons. The second kappa shape index (κ2) is 8.16. The van der Waals surface area contributed by atoms with Crippen LogP contribution in [0.5, 0.6) is 0 Å². The van der Waals surface area contributed by atoms with Crippen LogP contribution >= 0.6 is 27.5 Å². The third-order valence-corrected chi connectivity index (χ3v) is 4.70. The maximum absolute atomic E-state index is 12.8. The molecule has 0 bridgehead atoms. The number of halogens is 2. The highest BCUT2D eigenvalue weighted by molar-refractivity contribution is 9.10. The van der Waals surface area contributed by atoms with E-state index in [2.05, 4.69) is 28.2 Å². The van der Waals surface area contributed by atoms with Crippen LogP contribution in [0.1, 0.15) is 36.5 Å². The SMILES string of the molecule is CCCN(CC1CCNCC1)C(=O)c1cc(Br)ccc1Cl. The predicted molar refractivity (Wildman–Crippen MR) is 90.9 cm³/mol. The van der Waals surface area contributed by atoms with Crippen LogP contribution in [0.2, 0.25) is 5.02 Å². The number of hydrogen-bond acceptors (Lipinski definition) is 2. The molecule has 2 rings (SSSR count). The van der Waals surface area contributed by atoms with Crippen LogP contribution in [0.4, 0.5) is 0 Å². The largest absolute Gasteiger partial charge is 0.338 e. The molecule has 1 fully saturated rings. The van der Waals surface area contributed by atoms with Crippen molar-refractivity contribution in [1.82, 2.24) is 10.2 Å². The number of carbonyl (C=O) groups excluding carboxylic acids is 1. The van der Waals surface area contributed by atoms with Crippen LogP contribution in [-0.4, -0.2) is 37.0 Å². The minimum atomic E-state index is 0.0432. The van der Waals surface area contributed by atoms with Crippen molar-refractivity contribution in [2.24, 2.45) is 5.92 Å². The smallest absolute Gasteiger partial charge is 0.255 e. The Morgan fingerprint density at radius 2 is 2.14 bits per heavy atom. The molecule has 1 aromatic rings. The van der Waals surface area contributed by atoms with Crippen LogP contribution in [0.3, 0.4) is 0 Å². The Balaban J connectivity index is 2.12. The first-order valence-electron chi connectivity index (χ1n) is 7.57. The standard InChI is InChI=1S/C16H22BrClN2O/c1-2-9-20(11-12-5-7-19-8-6-12)16(21)14-10-13(17)3-4-15(14)18/h3-4,10,12,19H,2,5-9,11H2,1H3. The lowest BCUT2D eigenvalue weighted by Crippen LogP contribution is -2.39. The molecule has 1 aromatic carbocycles. The monoisotopic (exact) mass is 372 g/mol. The van der Waals surface area contributed by atoms with Crippen molar-refractivity contribution in [2.75, 3.05) is 26.2 Å². The molecule has 1 aliphatic heterocycles. The van der Waals surface area contributed by atoms with E-state index in [0.29, 0.717) is 16.5 Å². The topological polar surface area (TPSA) is 32.3 Å². The molecule has 0 aromatic heterocycles. The molecule has 0 saturated carbocycles. The van der Waals surface area contributed by atoms with Gasteiger partial charge in [-0.25, -0.2) is 0 Å². The summed E-state index contributed by atoms with van der Waals surface area (Å²) in [7, 11) is 0. The molecule has 0 radical (unpaired) electrons. The van der Waals surface area contributed by atoms with Crippen molar-refractivity contribution in [3.63, 3.8) is 0 Å². The van der Waals surface area contributed by atoms with Gasteiger partial charge in [-0.05, 0) is 56.5 Å². The van der Waals surface area contributed by atoms with Gasteiger partial charge in [-0.15, -0.1) is 0 Å². The fourth-order valence-corrected chi connectivity index (χ4v) is 3.31. The summed E-state index contributed by atoms with van der Waals surface area (Å²) in [6.45, 7) is 5.82. The summed E-state index contributed by atoms with van der Waals surface area (Å²) in [5.74, 6) is 0.634. The number of hydrogen-bond donors (Lipinski definition) is 1. The van der Waals surface area contributed by atoms with E-state index in [-0.39, 0.29) is 5.91 Å². The Kier molecular flexibility index (Phi) is 6.52. The van der Waals surface area contributed by atoms with Crippen molar-refractivity contribution in [3.05, 3.63) is 33.3 Å². The van der Waals surface area contributed by atoms with Crippen molar-refractivity contribution in [2.45, 2.75) is 26.2 Å². The number of rotatable bonds is 5. The van der Waals surface area contributed by atoms with E-state index in [0.717, 1.165) is 49.9 Å². The van der Waals surface area contributed by atoms with Crippen LogP contribution in [-0.2, 0) is 0 Å². The Hall–Kier alpha value is -0.580. The average Bonchev–Trinajstić information content (AvgIpc) is 2.49. The quantitative estimate of drug-likeness (QED) is 0.847. The molecule has 0 spiro atoms. The molecule has 0 unspecified atom stereocenters. The summed E-state index contributed by atoms with van der Waals surface area (Å²) in [6.07, 6.45) is 3.24. The maximum Gasteiger partial charge on any atom is 0.255 e. The summed E-state index contributed by atoms with van der Waals surface area (Å²) < 4.78 is 0.883. The minimum absolute atomic E-state index is 0.0432. The van der Waals surface area contributed by atoms with Gasteiger partial charge in [0.1, 0.15) is 0 Å². The lowest BCUT2D eigenvalue weighted by atomic mass is 9.97. The average molecular weight is 374 g/mol. The van der Waals surface area contributed by atoms with Gasteiger partial charge < -0.3 is 10.2 Å². The molecule has 1 heterocycles. The van der Waals surface area contributed by atoms with Gasteiger partial charge >= 0.3 is 0 Å². The maximum atomic E-state index is 12.8. The van der Waals surface area contributed by atoms with Crippen molar-refractivity contribution in [1.29, 1.82) is 0 Å². The highest BCUT2D eigenvalue weighted by Gasteiger charge is 2.22. The molecule has 0 atom stereocenters. The molecule has 1 saturated heterocycles. The van der Waals surface area contributed by atoms with Gasteiger partial charge in [-0.2, -0.15) is 0 Å².